The number of nitrogens with one attached hydrogen (secondary N) is 1. The molecule has 3 N–H and O–H groups in total. The molecule has 2 atom stereocenters. The summed E-state index contributed by atoms with van der Waals surface area (Å²) < 4.78 is 0. The molecule has 2 aromatic rings. The highest BCUT2D eigenvalue weighted by atomic mass is 35.5. The van der Waals surface area contributed by atoms with Crippen molar-refractivity contribution in [3.8, 4) is 0 Å². The molecule has 0 saturated carbocycles. The lowest BCUT2D eigenvalue weighted by atomic mass is 10.0. The molecule has 0 bridgehead atoms. The summed E-state index contributed by atoms with van der Waals surface area (Å²) in [5, 5.41) is 1.42. The molecule has 0 radical (unpaired) electrons. The Morgan fingerprint density at radius 1 is 1.50 bits per heavy atom. The molecule has 22 heavy (non-hydrogen) atoms. The minimum atomic E-state index is -0.611. The maximum atomic E-state index is 6.04. The summed E-state index contributed by atoms with van der Waals surface area (Å²) in [7, 11) is 0. The van der Waals surface area contributed by atoms with Crippen LogP contribution >= 0.6 is 23.8 Å². The number of aromatic nitrogens is 2. The molecule has 0 aliphatic carbocycles. The zero-order valence-corrected chi connectivity index (χ0v) is 13.9. The van der Waals surface area contributed by atoms with E-state index in [0.29, 0.717) is 10.7 Å². The van der Waals surface area contributed by atoms with Crippen molar-refractivity contribution < 1.29 is 0 Å². The highest BCUT2D eigenvalue weighted by Crippen LogP contribution is 2.25. The predicted molar refractivity (Wildman–Crippen MR) is 95.2 cm³/mol. The molecule has 0 fully saturated rings. The van der Waals surface area contributed by atoms with E-state index in [-0.39, 0.29) is 11.1 Å². The molecule has 2 unspecified atom stereocenters. The van der Waals surface area contributed by atoms with Gasteiger partial charge in [0.1, 0.15) is 17.2 Å². The number of hydrogen-bond acceptors (Lipinski definition) is 5. The number of nitrogens with two attached hydrogens (primary N) is 1. The maximum Gasteiger partial charge on any atom is 0.148 e. The molecule has 3 rings (SSSR count). The highest BCUT2D eigenvalue weighted by molar-refractivity contribution is 7.82. The van der Waals surface area contributed by atoms with E-state index in [2.05, 4.69) is 32.9 Å². The summed E-state index contributed by atoms with van der Waals surface area (Å²) in [4.78, 5) is 16.7. The first-order chi connectivity index (χ1) is 10.5. The average Bonchev–Trinajstić information content (AvgIpc) is 2.93. The molecule has 0 saturated heterocycles. The Labute approximate surface area is 138 Å². The zero-order valence-electron chi connectivity index (χ0n) is 12.3. The number of hydrogen-bond donors (Lipinski definition) is 2. The number of nitrogens with zero attached hydrogens (tertiary/aromatic N) is 3. The lowest BCUT2D eigenvalue weighted by molar-refractivity contribution is 0.878. The van der Waals surface area contributed by atoms with Crippen LogP contribution < -0.4 is 5.73 Å². The van der Waals surface area contributed by atoms with Gasteiger partial charge in [-0.3, -0.25) is 4.98 Å². The Balaban J connectivity index is 2.00. The summed E-state index contributed by atoms with van der Waals surface area (Å²) in [5.74, 6) is 0.457. The molecule has 0 aromatic carbocycles. The molecular formula is C15H16ClN5S. The first kappa shape index (κ1) is 15.3. The van der Waals surface area contributed by atoms with E-state index < -0.39 is 6.17 Å². The molecule has 0 spiro atoms. The van der Waals surface area contributed by atoms with Gasteiger partial charge in [0, 0.05) is 11.6 Å². The van der Waals surface area contributed by atoms with E-state index in [0.717, 1.165) is 17.6 Å². The van der Waals surface area contributed by atoms with Crippen LogP contribution in [0, 0.1) is 0 Å². The van der Waals surface area contributed by atoms with Crippen LogP contribution in [-0.2, 0) is 6.42 Å². The average molecular weight is 334 g/mol. The van der Waals surface area contributed by atoms with Gasteiger partial charge in [0.2, 0.25) is 0 Å². The van der Waals surface area contributed by atoms with Crippen LogP contribution in [0.1, 0.15) is 31.0 Å². The van der Waals surface area contributed by atoms with Gasteiger partial charge in [0.05, 0.1) is 28.2 Å². The van der Waals surface area contributed by atoms with Gasteiger partial charge in [-0.1, -0.05) is 30.7 Å². The van der Waals surface area contributed by atoms with Crippen molar-refractivity contribution >= 4 is 50.6 Å². The number of rotatable bonds is 3. The second-order valence-electron chi connectivity index (χ2n) is 5.24. The normalized spacial score (nSPS) is 20.0. The summed E-state index contributed by atoms with van der Waals surface area (Å²) >= 11 is 11.1. The van der Waals surface area contributed by atoms with Gasteiger partial charge < -0.3 is 10.7 Å². The number of aryl methyl sites for hydroxylation is 1. The molecule has 7 heteroatoms. The van der Waals surface area contributed by atoms with Crippen LogP contribution in [-0.4, -0.2) is 32.0 Å². The SMILES string of the molecule is CCc1c[nH]c2cnc(C(C)C3=NC(N)C(=S)C(Cl)=N3)cc12. The van der Waals surface area contributed by atoms with Crippen molar-refractivity contribution in [1.29, 1.82) is 0 Å². The summed E-state index contributed by atoms with van der Waals surface area (Å²) in [6.07, 6.45) is 4.20. The first-order valence-electron chi connectivity index (χ1n) is 7.08. The van der Waals surface area contributed by atoms with Crippen molar-refractivity contribution in [3.05, 3.63) is 29.7 Å². The van der Waals surface area contributed by atoms with E-state index in [1.807, 2.05) is 19.3 Å². The fourth-order valence-electron chi connectivity index (χ4n) is 2.47. The largest absolute Gasteiger partial charge is 0.360 e. The molecule has 2 aromatic heterocycles. The topological polar surface area (TPSA) is 79.4 Å². The minimum Gasteiger partial charge on any atom is -0.360 e. The highest BCUT2D eigenvalue weighted by Gasteiger charge is 2.24. The zero-order chi connectivity index (χ0) is 15.9. The van der Waals surface area contributed by atoms with Gasteiger partial charge in [-0.15, -0.1) is 0 Å². The lowest BCUT2D eigenvalue weighted by Gasteiger charge is -2.18. The minimum absolute atomic E-state index is 0.105. The van der Waals surface area contributed by atoms with E-state index in [1.165, 1.54) is 10.9 Å². The Morgan fingerprint density at radius 3 is 2.95 bits per heavy atom. The smallest absolute Gasteiger partial charge is 0.148 e. The van der Waals surface area contributed by atoms with E-state index in [1.54, 1.807) is 0 Å². The monoisotopic (exact) mass is 333 g/mol. The summed E-state index contributed by atoms with van der Waals surface area (Å²) in [5.41, 5.74) is 9.04. The quantitative estimate of drug-likeness (QED) is 0.847. The maximum absolute atomic E-state index is 6.04. The number of thiocarbonyl (C=S) groups is 1. The van der Waals surface area contributed by atoms with E-state index in [4.69, 9.17) is 29.6 Å². The molecule has 5 nitrogen and oxygen atoms in total. The third-order valence-electron chi connectivity index (χ3n) is 3.84. The van der Waals surface area contributed by atoms with Crippen LogP contribution in [0.2, 0.25) is 0 Å². The third kappa shape index (κ3) is 2.58. The van der Waals surface area contributed by atoms with E-state index in [9.17, 15) is 0 Å². The number of amidine groups is 1. The van der Waals surface area contributed by atoms with Gasteiger partial charge in [0.25, 0.3) is 0 Å². The number of pyridine rings is 1. The summed E-state index contributed by atoms with van der Waals surface area (Å²) in [6.45, 7) is 4.11. The number of aliphatic imine (C=N–C) groups is 2. The standard InChI is InChI=1S/C15H16ClN5S/c1-3-8-5-18-11-6-19-10(4-9(8)11)7(2)15-20-13(16)12(22)14(17)21-15/h4-7,14,18H,3,17H2,1-2H3. The second-order valence-corrected chi connectivity index (χ2v) is 6.04. The van der Waals surface area contributed by atoms with Crippen LogP contribution in [0.25, 0.3) is 10.9 Å². The van der Waals surface area contributed by atoms with Gasteiger partial charge in [-0.05, 0) is 25.0 Å². The predicted octanol–water partition coefficient (Wildman–Crippen LogP) is 2.93. The van der Waals surface area contributed by atoms with Crippen LogP contribution in [0.4, 0.5) is 0 Å². The van der Waals surface area contributed by atoms with Crippen molar-refractivity contribution in [2.24, 2.45) is 15.7 Å². The Morgan fingerprint density at radius 2 is 2.27 bits per heavy atom. The molecule has 3 heterocycles. The fraction of sp³-hybridized carbons (Fsp3) is 0.333. The molecular weight excluding hydrogens is 318 g/mol. The number of aromatic amines is 1. The fourth-order valence-corrected chi connectivity index (χ4v) is 2.77. The molecule has 0 amide bonds. The van der Waals surface area contributed by atoms with Crippen molar-refractivity contribution in [2.45, 2.75) is 32.4 Å². The van der Waals surface area contributed by atoms with Crippen molar-refractivity contribution in [1.82, 2.24) is 9.97 Å². The molecule has 1 aliphatic heterocycles. The lowest BCUT2D eigenvalue weighted by Crippen LogP contribution is -2.36. The van der Waals surface area contributed by atoms with Crippen LogP contribution in [0.15, 0.2) is 28.4 Å². The first-order valence-corrected chi connectivity index (χ1v) is 7.87. The summed E-state index contributed by atoms with van der Waals surface area (Å²) in [6, 6.07) is 2.07. The van der Waals surface area contributed by atoms with Crippen molar-refractivity contribution in [2.75, 3.05) is 0 Å². The Hall–Kier alpha value is -1.63. The Bertz CT molecular complexity index is 807. The molecule has 114 valence electrons. The number of halogens is 1. The number of H-pyrrole nitrogens is 1. The third-order valence-corrected chi connectivity index (χ3v) is 4.68. The Kier molecular flexibility index (Phi) is 4.08. The van der Waals surface area contributed by atoms with Crippen LogP contribution in [0.3, 0.4) is 0 Å². The van der Waals surface area contributed by atoms with Crippen molar-refractivity contribution in [3.63, 3.8) is 0 Å². The van der Waals surface area contributed by atoms with Gasteiger partial charge in [-0.2, -0.15) is 0 Å². The van der Waals surface area contributed by atoms with Gasteiger partial charge >= 0.3 is 0 Å². The van der Waals surface area contributed by atoms with Gasteiger partial charge in [0.15, 0.2) is 0 Å². The van der Waals surface area contributed by atoms with E-state index >= 15 is 0 Å². The van der Waals surface area contributed by atoms with Gasteiger partial charge in [-0.25, -0.2) is 9.98 Å². The molecule has 1 aliphatic rings. The van der Waals surface area contributed by atoms with Crippen LogP contribution in [0.5, 0.6) is 0 Å². The number of fused-ring (bicyclic) bond motifs is 1. The second kappa shape index (κ2) is 5.87.